The first kappa shape index (κ1) is 18.9. The summed E-state index contributed by atoms with van der Waals surface area (Å²) >= 11 is 4.02. The molecule has 0 aliphatic rings. The molecular weight excluding hydrogens is 415 g/mol. The van der Waals surface area contributed by atoms with Crippen molar-refractivity contribution in [3.8, 4) is 6.07 Å². The number of carbonyl (C=O) groups is 2. The third-order valence-corrected chi connectivity index (χ3v) is 4.84. The maximum atomic E-state index is 13.3. The van der Waals surface area contributed by atoms with Gasteiger partial charge < -0.3 is 15.2 Å². The van der Waals surface area contributed by atoms with Crippen LogP contribution < -0.4 is 5.73 Å². The maximum Gasteiger partial charge on any atom is 0.348 e. The van der Waals surface area contributed by atoms with Gasteiger partial charge in [0.25, 0.3) is 0 Å². The summed E-state index contributed by atoms with van der Waals surface area (Å²) in [5, 5.41) is 9.34. The molecule has 0 saturated carbocycles. The number of halogens is 2. The standard InChI is InChI=1S/C16H12BrFN2O4S/c1-2-23-16(22)13-11(10(6-19)14(20)25-13)7-24-15(21)9-5-8(18)3-4-12(9)17/h3-5H,2,7,20H2,1H3. The minimum atomic E-state index is -0.810. The molecule has 6 nitrogen and oxygen atoms in total. The van der Waals surface area contributed by atoms with E-state index in [1.54, 1.807) is 6.92 Å². The number of anilines is 1. The Bertz CT molecular complexity index is 876. The predicted molar refractivity (Wildman–Crippen MR) is 92.6 cm³/mol. The summed E-state index contributed by atoms with van der Waals surface area (Å²) in [6.07, 6.45) is 0. The van der Waals surface area contributed by atoms with Crippen molar-refractivity contribution in [2.45, 2.75) is 13.5 Å². The molecule has 0 amide bonds. The average molecular weight is 427 g/mol. The molecule has 2 N–H and O–H groups in total. The minimum Gasteiger partial charge on any atom is -0.462 e. The van der Waals surface area contributed by atoms with Gasteiger partial charge in [0, 0.05) is 10.0 Å². The van der Waals surface area contributed by atoms with E-state index in [-0.39, 0.29) is 39.8 Å². The van der Waals surface area contributed by atoms with Gasteiger partial charge in [-0.15, -0.1) is 11.3 Å². The Morgan fingerprint density at radius 3 is 2.72 bits per heavy atom. The molecule has 2 rings (SSSR count). The lowest BCUT2D eigenvalue weighted by Gasteiger charge is -2.08. The van der Waals surface area contributed by atoms with E-state index in [0.717, 1.165) is 17.4 Å². The largest absolute Gasteiger partial charge is 0.462 e. The van der Waals surface area contributed by atoms with Crippen molar-refractivity contribution in [1.29, 1.82) is 5.26 Å². The van der Waals surface area contributed by atoms with Gasteiger partial charge in [0.1, 0.15) is 28.4 Å². The maximum absolute atomic E-state index is 13.3. The number of hydrogen-bond donors (Lipinski definition) is 1. The van der Waals surface area contributed by atoms with Crippen molar-refractivity contribution < 1.29 is 23.5 Å². The topological polar surface area (TPSA) is 102 Å². The number of benzene rings is 1. The van der Waals surface area contributed by atoms with E-state index in [2.05, 4.69) is 15.9 Å². The Balaban J connectivity index is 2.28. The van der Waals surface area contributed by atoms with Crippen molar-refractivity contribution in [1.82, 2.24) is 0 Å². The summed E-state index contributed by atoms with van der Waals surface area (Å²) in [7, 11) is 0. The monoisotopic (exact) mass is 426 g/mol. The van der Waals surface area contributed by atoms with Crippen LogP contribution in [-0.2, 0) is 16.1 Å². The minimum absolute atomic E-state index is 0.0145. The van der Waals surface area contributed by atoms with Crippen molar-refractivity contribution in [3.63, 3.8) is 0 Å². The summed E-state index contributed by atoms with van der Waals surface area (Å²) in [5.41, 5.74) is 5.95. The Morgan fingerprint density at radius 1 is 1.36 bits per heavy atom. The number of esters is 2. The molecular formula is C16H12BrFN2O4S. The highest BCUT2D eigenvalue weighted by Gasteiger charge is 2.24. The molecule has 0 saturated heterocycles. The summed E-state index contributed by atoms with van der Waals surface area (Å²) in [5.74, 6) is -2.06. The predicted octanol–water partition coefficient (Wildman–Crippen LogP) is 3.64. The van der Waals surface area contributed by atoms with Crippen molar-refractivity contribution >= 4 is 44.2 Å². The zero-order valence-electron chi connectivity index (χ0n) is 13.0. The number of nitrogens with two attached hydrogens (primary N) is 1. The van der Waals surface area contributed by atoms with Gasteiger partial charge in [0.15, 0.2) is 0 Å². The highest BCUT2D eigenvalue weighted by molar-refractivity contribution is 9.10. The fraction of sp³-hybridized carbons (Fsp3) is 0.188. The second kappa shape index (κ2) is 8.09. The first-order valence-electron chi connectivity index (χ1n) is 6.99. The SMILES string of the molecule is CCOC(=O)c1sc(N)c(C#N)c1COC(=O)c1cc(F)ccc1Br. The van der Waals surface area contributed by atoms with E-state index in [0.29, 0.717) is 4.47 Å². The first-order chi connectivity index (χ1) is 11.9. The van der Waals surface area contributed by atoms with Crippen LogP contribution in [0.1, 0.15) is 38.1 Å². The number of rotatable bonds is 5. The van der Waals surface area contributed by atoms with E-state index in [1.807, 2.05) is 6.07 Å². The lowest BCUT2D eigenvalue weighted by Crippen LogP contribution is -2.10. The lowest BCUT2D eigenvalue weighted by atomic mass is 10.1. The van der Waals surface area contributed by atoms with Crippen molar-refractivity contribution in [3.05, 3.63) is 50.1 Å². The van der Waals surface area contributed by atoms with Crippen LogP contribution in [0.5, 0.6) is 0 Å². The molecule has 9 heteroatoms. The second-order valence-corrected chi connectivity index (χ2v) is 6.59. The number of hydrogen-bond acceptors (Lipinski definition) is 7. The number of nitrogens with zero attached hydrogens (tertiary/aromatic N) is 1. The fourth-order valence-electron chi connectivity index (χ4n) is 1.98. The Morgan fingerprint density at radius 2 is 2.08 bits per heavy atom. The normalized spacial score (nSPS) is 10.2. The van der Waals surface area contributed by atoms with Gasteiger partial charge in [0.2, 0.25) is 0 Å². The molecule has 2 aromatic rings. The summed E-state index contributed by atoms with van der Waals surface area (Å²) in [6, 6.07) is 5.46. The van der Waals surface area contributed by atoms with Crippen LogP contribution in [0.4, 0.5) is 9.39 Å². The number of nitriles is 1. The molecule has 25 heavy (non-hydrogen) atoms. The molecule has 0 bridgehead atoms. The number of carbonyl (C=O) groups excluding carboxylic acids is 2. The first-order valence-corrected chi connectivity index (χ1v) is 8.60. The molecule has 1 aromatic heterocycles. The molecule has 0 fully saturated rings. The van der Waals surface area contributed by atoms with Crippen LogP contribution in [0, 0.1) is 17.1 Å². The van der Waals surface area contributed by atoms with Crippen LogP contribution in [0.25, 0.3) is 0 Å². The number of ether oxygens (including phenoxy) is 2. The molecule has 0 unspecified atom stereocenters. The number of thiophene rings is 1. The van der Waals surface area contributed by atoms with E-state index in [4.69, 9.17) is 15.2 Å². The zero-order chi connectivity index (χ0) is 18.6. The Hall–Kier alpha value is -2.44. The summed E-state index contributed by atoms with van der Waals surface area (Å²) in [4.78, 5) is 24.2. The summed E-state index contributed by atoms with van der Waals surface area (Å²) < 4.78 is 23.7. The van der Waals surface area contributed by atoms with E-state index in [1.165, 1.54) is 12.1 Å². The van der Waals surface area contributed by atoms with Crippen LogP contribution in [0.3, 0.4) is 0 Å². The van der Waals surface area contributed by atoms with Gasteiger partial charge >= 0.3 is 11.9 Å². The van der Waals surface area contributed by atoms with Gasteiger partial charge in [0.05, 0.1) is 17.7 Å². The van der Waals surface area contributed by atoms with Crippen LogP contribution >= 0.6 is 27.3 Å². The zero-order valence-corrected chi connectivity index (χ0v) is 15.4. The lowest BCUT2D eigenvalue weighted by molar-refractivity contribution is 0.0451. The molecule has 0 aliphatic carbocycles. The Kier molecular flexibility index (Phi) is 6.12. The highest BCUT2D eigenvalue weighted by atomic mass is 79.9. The van der Waals surface area contributed by atoms with Crippen molar-refractivity contribution in [2.24, 2.45) is 0 Å². The van der Waals surface area contributed by atoms with Crippen LogP contribution in [-0.4, -0.2) is 18.5 Å². The molecule has 1 aromatic carbocycles. The van der Waals surface area contributed by atoms with Crippen LogP contribution in [0.2, 0.25) is 0 Å². The summed E-state index contributed by atoms with van der Waals surface area (Å²) in [6.45, 7) is 1.42. The van der Waals surface area contributed by atoms with Gasteiger partial charge in [-0.25, -0.2) is 14.0 Å². The number of nitrogen functional groups attached to an aromatic ring is 1. The third-order valence-electron chi connectivity index (χ3n) is 3.10. The van der Waals surface area contributed by atoms with E-state index in [9.17, 15) is 19.2 Å². The molecule has 0 spiro atoms. The van der Waals surface area contributed by atoms with Crippen LogP contribution in [0.15, 0.2) is 22.7 Å². The van der Waals surface area contributed by atoms with E-state index >= 15 is 0 Å². The third kappa shape index (κ3) is 4.15. The van der Waals surface area contributed by atoms with Gasteiger partial charge in [-0.2, -0.15) is 5.26 Å². The highest BCUT2D eigenvalue weighted by Crippen LogP contribution is 2.32. The van der Waals surface area contributed by atoms with E-state index < -0.39 is 17.8 Å². The molecule has 0 atom stereocenters. The fourth-order valence-corrected chi connectivity index (χ4v) is 3.30. The van der Waals surface area contributed by atoms with Gasteiger partial charge in [-0.3, -0.25) is 0 Å². The van der Waals surface area contributed by atoms with Gasteiger partial charge in [-0.05, 0) is 41.1 Å². The molecule has 130 valence electrons. The second-order valence-electron chi connectivity index (χ2n) is 4.68. The molecule has 1 heterocycles. The molecule has 0 aliphatic heterocycles. The molecule has 0 radical (unpaired) electrons. The quantitative estimate of drug-likeness (QED) is 0.731. The Labute approximate surface area is 155 Å². The van der Waals surface area contributed by atoms with Gasteiger partial charge in [-0.1, -0.05) is 0 Å². The van der Waals surface area contributed by atoms with Crippen molar-refractivity contribution in [2.75, 3.05) is 12.3 Å². The smallest absolute Gasteiger partial charge is 0.348 e. The average Bonchev–Trinajstić information content (AvgIpc) is 2.90.